The van der Waals surface area contributed by atoms with Gasteiger partial charge in [-0.15, -0.1) is 0 Å². The fourth-order valence-electron chi connectivity index (χ4n) is 4.24. The molecule has 176 valence electrons. The quantitative estimate of drug-likeness (QED) is 0.523. The van der Waals surface area contributed by atoms with Gasteiger partial charge in [-0.05, 0) is 45.0 Å². The normalized spacial score (nSPS) is 18.3. The van der Waals surface area contributed by atoms with Crippen molar-refractivity contribution in [2.75, 3.05) is 45.9 Å². The first-order valence-corrected chi connectivity index (χ1v) is 11.1. The first-order valence-electron chi connectivity index (χ1n) is 11.1. The van der Waals surface area contributed by atoms with Crippen molar-refractivity contribution >= 4 is 16.7 Å². The Morgan fingerprint density at radius 2 is 1.55 bits per heavy atom. The van der Waals surface area contributed by atoms with Crippen LogP contribution in [0.15, 0.2) is 30.3 Å². The first-order chi connectivity index (χ1) is 16.0. The molecule has 1 aliphatic heterocycles. The topological polar surface area (TPSA) is 75.2 Å². The smallest absolute Gasteiger partial charge is 0.163 e. The van der Waals surface area contributed by atoms with Gasteiger partial charge in [0, 0.05) is 30.1 Å². The van der Waals surface area contributed by atoms with E-state index in [2.05, 4.69) is 18.7 Å². The Hall–Kier alpha value is -3.26. The zero-order valence-corrected chi connectivity index (χ0v) is 20.0. The van der Waals surface area contributed by atoms with Gasteiger partial charge < -0.3 is 28.6 Å². The van der Waals surface area contributed by atoms with Gasteiger partial charge in [-0.2, -0.15) is 0 Å². The Bertz CT molecular complexity index is 1130. The molecule has 0 N–H and O–H groups in total. The van der Waals surface area contributed by atoms with Gasteiger partial charge in [0.15, 0.2) is 28.8 Å². The predicted octanol–water partition coefficient (Wildman–Crippen LogP) is 4.33. The van der Waals surface area contributed by atoms with Gasteiger partial charge in [0.2, 0.25) is 0 Å². The van der Waals surface area contributed by atoms with E-state index in [0.29, 0.717) is 35.4 Å². The number of ether oxygens (including phenoxy) is 5. The number of hydrogen-bond donors (Lipinski definition) is 0. The average molecular weight is 454 g/mol. The third-order valence-corrected chi connectivity index (χ3v) is 5.62. The third kappa shape index (κ3) is 4.61. The van der Waals surface area contributed by atoms with Crippen molar-refractivity contribution in [1.82, 2.24) is 9.97 Å². The van der Waals surface area contributed by atoms with Gasteiger partial charge in [0.05, 0.1) is 45.7 Å². The zero-order chi connectivity index (χ0) is 23.5. The fourth-order valence-corrected chi connectivity index (χ4v) is 4.24. The van der Waals surface area contributed by atoms with Crippen molar-refractivity contribution in [3.05, 3.63) is 30.3 Å². The minimum Gasteiger partial charge on any atom is -0.493 e. The standard InChI is InChI=1S/C25H31N3O5/c1-7-32-23-12-19-18(11-22(23)31-6)25(28-13-15(2)33-16(3)14-28)27-24(26-19)17-8-9-20(29-4)21(10-17)30-5/h8-12,15-16H,7,13-14H2,1-6H3. The summed E-state index contributed by atoms with van der Waals surface area (Å²) in [5.74, 6) is 4.02. The molecule has 0 aliphatic carbocycles. The van der Waals surface area contributed by atoms with Crippen molar-refractivity contribution in [2.45, 2.75) is 33.0 Å². The largest absolute Gasteiger partial charge is 0.493 e. The highest BCUT2D eigenvalue weighted by Gasteiger charge is 2.26. The molecule has 1 aromatic heterocycles. The molecule has 0 radical (unpaired) electrons. The summed E-state index contributed by atoms with van der Waals surface area (Å²) in [4.78, 5) is 12.2. The highest BCUT2D eigenvalue weighted by molar-refractivity contribution is 5.93. The summed E-state index contributed by atoms with van der Waals surface area (Å²) in [6.45, 7) is 8.10. The molecule has 2 atom stereocenters. The van der Waals surface area contributed by atoms with Crippen LogP contribution in [0.1, 0.15) is 20.8 Å². The second-order valence-corrected chi connectivity index (χ2v) is 8.06. The molecule has 0 amide bonds. The van der Waals surface area contributed by atoms with Crippen molar-refractivity contribution in [3.63, 3.8) is 0 Å². The van der Waals surface area contributed by atoms with Crippen LogP contribution in [0.3, 0.4) is 0 Å². The maximum Gasteiger partial charge on any atom is 0.163 e. The van der Waals surface area contributed by atoms with Crippen LogP contribution in [-0.2, 0) is 4.74 Å². The zero-order valence-electron chi connectivity index (χ0n) is 20.0. The van der Waals surface area contributed by atoms with Crippen molar-refractivity contribution in [3.8, 4) is 34.4 Å². The molecule has 2 aromatic carbocycles. The second-order valence-electron chi connectivity index (χ2n) is 8.06. The van der Waals surface area contributed by atoms with Crippen molar-refractivity contribution in [1.29, 1.82) is 0 Å². The van der Waals surface area contributed by atoms with Crippen LogP contribution >= 0.6 is 0 Å². The molecule has 33 heavy (non-hydrogen) atoms. The van der Waals surface area contributed by atoms with Gasteiger partial charge in [-0.3, -0.25) is 0 Å². The lowest BCUT2D eigenvalue weighted by Gasteiger charge is -2.36. The molecule has 3 aromatic rings. The van der Waals surface area contributed by atoms with Gasteiger partial charge in [-0.1, -0.05) is 0 Å². The van der Waals surface area contributed by atoms with E-state index in [1.807, 2.05) is 37.3 Å². The van der Waals surface area contributed by atoms with Crippen LogP contribution in [-0.4, -0.2) is 63.2 Å². The number of fused-ring (bicyclic) bond motifs is 1. The van der Waals surface area contributed by atoms with E-state index in [1.165, 1.54) is 0 Å². The third-order valence-electron chi connectivity index (χ3n) is 5.62. The molecule has 2 heterocycles. The van der Waals surface area contributed by atoms with Gasteiger partial charge >= 0.3 is 0 Å². The van der Waals surface area contributed by atoms with E-state index in [4.69, 9.17) is 33.7 Å². The summed E-state index contributed by atoms with van der Waals surface area (Å²) >= 11 is 0. The summed E-state index contributed by atoms with van der Waals surface area (Å²) in [5, 5.41) is 0.904. The van der Waals surface area contributed by atoms with E-state index in [1.54, 1.807) is 21.3 Å². The lowest BCUT2D eigenvalue weighted by atomic mass is 10.1. The van der Waals surface area contributed by atoms with E-state index < -0.39 is 0 Å². The highest BCUT2D eigenvalue weighted by atomic mass is 16.5. The lowest BCUT2D eigenvalue weighted by molar-refractivity contribution is -0.00536. The highest BCUT2D eigenvalue weighted by Crippen LogP contribution is 2.38. The number of anilines is 1. The van der Waals surface area contributed by atoms with Gasteiger partial charge in [-0.25, -0.2) is 9.97 Å². The number of aromatic nitrogens is 2. The molecule has 8 heteroatoms. The number of benzene rings is 2. The molecule has 2 unspecified atom stereocenters. The van der Waals surface area contributed by atoms with Gasteiger partial charge in [0.25, 0.3) is 0 Å². The van der Waals surface area contributed by atoms with E-state index in [-0.39, 0.29) is 12.2 Å². The Morgan fingerprint density at radius 3 is 2.18 bits per heavy atom. The Balaban J connectivity index is 1.93. The SMILES string of the molecule is CCOc1cc2nc(-c3ccc(OC)c(OC)c3)nc(N3CC(C)OC(C)C3)c2cc1OC. The summed E-state index contributed by atoms with van der Waals surface area (Å²) in [6, 6.07) is 9.56. The Labute approximate surface area is 194 Å². The van der Waals surface area contributed by atoms with E-state index in [0.717, 1.165) is 35.4 Å². The Kier molecular flexibility index (Phi) is 6.74. The van der Waals surface area contributed by atoms with Crippen molar-refractivity contribution in [2.24, 2.45) is 0 Å². The van der Waals surface area contributed by atoms with E-state index in [9.17, 15) is 0 Å². The van der Waals surface area contributed by atoms with Crippen LogP contribution in [0.4, 0.5) is 5.82 Å². The number of morpholine rings is 1. The molecular formula is C25H31N3O5. The summed E-state index contributed by atoms with van der Waals surface area (Å²) in [5.41, 5.74) is 1.61. The van der Waals surface area contributed by atoms with Crippen LogP contribution in [0.5, 0.6) is 23.0 Å². The molecule has 1 fully saturated rings. The fraction of sp³-hybridized carbons (Fsp3) is 0.440. The molecule has 0 bridgehead atoms. The number of nitrogens with zero attached hydrogens (tertiary/aromatic N) is 3. The molecule has 1 aliphatic rings. The van der Waals surface area contributed by atoms with Crippen LogP contribution in [0.25, 0.3) is 22.3 Å². The van der Waals surface area contributed by atoms with Crippen LogP contribution in [0, 0.1) is 0 Å². The molecule has 0 spiro atoms. The minimum absolute atomic E-state index is 0.0906. The van der Waals surface area contributed by atoms with Gasteiger partial charge in [0.1, 0.15) is 5.82 Å². The average Bonchev–Trinajstić information content (AvgIpc) is 2.82. The van der Waals surface area contributed by atoms with Crippen LogP contribution < -0.4 is 23.8 Å². The summed E-state index contributed by atoms with van der Waals surface area (Å²) < 4.78 is 28.3. The number of methoxy groups -OCH3 is 3. The molecule has 4 rings (SSSR count). The molecule has 0 saturated carbocycles. The van der Waals surface area contributed by atoms with Crippen LogP contribution in [0.2, 0.25) is 0 Å². The molecular weight excluding hydrogens is 422 g/mol. The minimum atomic E-state index is 0.0906. The maximum absolute atomic E-state index is 5.96. The number of rotatable bonds is 7. The van der Waals surface area contributed by atoms with Crippen molar-refractivity contribution < 1.29 is 23.7 Å². The Morgan fingerprint density at radius 1 is 0.879 bits per heavy atom. The summed E-state index contributed by atoms with van der Waals surface area (Å²) in [7, 11) is 4.87. The van der Waals surface area contributed by atoms with E-state index >= 15 is 0 Å². The first kappa shape index (κ1) is 22.9. The lowest BCUT2D eigenvalue weighted by Crippen LogP contribution is -2.46. The summed E-state index contributed by atoms with van der Waals surface area (Å²) in [6.07, 6.45) is 0.181. The molecule has 8 nitrogen and oxygen atoms in total. The predicted molar refractivity (Wildman–Crippen MR) is 128 cm³/mol. The number of hydrogen-bond acceptors (Lipinski definition) is 8. The maximum atomic E-state index is 5.96. The monoisotopic (exact) mass is 453 g/mol. The second kappa shape index (κ2) is 9.70. The molecule has 1 saturated heterocycles.